The first-order valence-corrected chi connectivity index (χ1v) is 8.00. The van der Waals surface area contributed by atoms with Crippen molar-refractivity contribution >= 4 is 0 Å². The lowest BCUT2D eigenvalue weighted by molar-refractivity contribution is 0.138. The van der Waals surface area contributed by atoms with Crippen LogP contribution in [0.1, 0.15) is 24.8 Å². The van der Waals surface area contributed by atoms with Gasteiger partial charge in [-0.3, -0.25) is 4.90 Å². The predicted molar refractivity (Wildman–Crippen MR) is 84.3 cm³/mol. The van der Waals surface area contributed by atoms with Crippen LogP contribution in [0.15, 0.2) is 18.2 Å². The predicted octanol–water partition coefficient (Wildman–Crippen LogP) is 2.07. The largest absolute Gasteiger partial charge is 0.493 e. The summed E-state index contributed by atoms with van der Waals surface area (Å²) in [6, 6.07) is 7.73. The van der Waals surface area contributed by atoms with E-state index in [1.807, 2.05) is 6.07 Å². The van der Waals surface area contributed by atoms with E-state index in [4.69, 9.17) is 9.47 Å². The van der Waals surface area contributed by atoms with Gasteiger partial charge in [-0.15, -0.1) is 0 Å². The van der Waals surface area contributed by atoms with Gasteiger partial charge in [0.25, 0.3) is 0 Å². The summed E-state index contributed by atoms with van der Waals surface area (Å²) in [6.45, 7) is 3.44. The molecule has 4 heteroatoms. The summed E-state index contributed by atoms with van der Waals surface area (Å²) in [6.07, 6.45) is 5.14. The first-order chi connectivity index (χ1) is 10.3. The molecule has 0 bridgehead atoms. The molecule has 1 N–H and O–H groups in total. The highest BCUT2D eigenvalue weighted by atomic mass is 16.5. The van der Waals surface area contributed by atoms with Crippen molar-refractivity contribution in [1.29, 1.82) is 0 Å². The van der Waals surface area contributed by atoms with Gasteiger partial charge >= 0.3 is 0 Å². The molecule has 116 valence electrons. The van der Waals surface area contributed by atoms with Gasteiger partial charge in [0.05, 0.1) is 14.2 Å². The van der Waals surface area contributed by atoms with Gasteiger partial charge in [-0.25, -0.2) is 0 Å². The van der Waals surface area contributed by atoms with Gasteiger partial charge in [0, 0.05) is 31.7 Å². The molecule has 1 aromatic rings. The molecule has 0 spiro atoms. The molecule has 1 saturated carbocycles. The van der Waals surface area contributed by atoms with Crippen LogP contribution in [-0.2, 0) is 6.42 Å². The third kappa shape index (κ3) is 3.16. The van der Waals surface area contributed by atoms with Crippen molar-refractivity contribution in [3.63, 3.8) is 0 Å². The molecule has 1 saturated heterocycles. The minimum atomic E-state index is 0.726. The van der Waals surface area contributed by atoms with E-state index in [1.165, 1.54) is 31.4 Å². The second-order valence-electron chi connectivity index (χ2n) is 6.03. The Labute approximate surface area is 127 Å². The molecule has 21 heavy (non-hydrogen) atoms. The molecule has 1 aromatic carbocycles. The monoisotopic (exact) mass is 290 g/mol. The maximum atomic E-state index is 5.39. The maximum absolute atomic E-state index is 5.39. The van der Waals surface area contributed by atoms with Crippen molar-refractivity contribution in [2.24, 2.45) is 0 Å². The molecule has 0 amide bonds. The highest BCUT2D eigenvalue weighted by Crippen LogP contribution is 2.29. The van der Waals surface area contributed by atoms with Gasteiger partial charge in [-0.2, -0.15) is 0 Å². The average Bonchev–Trinajstić information content (AvgIpc) is 3.01. The van der Waals surface area contributed by atoms with Crippen LogP contribution in [0.5, 0.6) is 11.5 Å². The number of piperazine rings is 1. The van der Waals surface area contributed by atoms with Crippen molar-refractivity contribution in [2.75, 3.05) is 33.9 Å². The van der Waals surface area contributed by atoms with Gasteiger partial charge in [-0.1, -0.05) is 12.5 Å². The summed E-state index contributed by atoms with van der Waals surface area (Å²) in [7, 11) is 3.37. The van der Waals surface area contributed by atoms with Crippen LogP contribution < -0.4 is 14.8 Å². The Bertz CT molecular complexity index is 478. The summed E-state index contributed by atoms with van der Waals surface area (Å²) < 4.78 is 10.7. The second kappa shape index (κ2) is 6.67. The summed E-state index contributed by atoms with van der Waals surface area (Å²) in [5.41, 5.74) is 1.32. The molecule has 0 radical (unpaired) electrons. The van der Waals surface area contributed by atoms with Crippen molar-refractivity contribution in [2.45, 2.75) is 37.8 Å². The second-order valence-corrected chi connectivity index (χ2v) is 6.03. The minimum Gasteiger partial charge on any atom is -0.493 e. The molecule has 3 rings (SSSR count). The normalized spacial score (nSPS) is 25.6. The summed E-state index contributed by atoms with van der Waals surface area (Å²) in [5.74, 6) is 1.63. The minimum absolute atomic E-state index is 0.726. The quantitative estimate of drug-likeness (QED) is 0.900. The third-order valence-electron chi connectivity index (χ3n) is 4.89. The number of methoxy groups -OCH3 is 2. The topological polar surface area (TPSA) is 33.7 Å². The molecule has 1 aliphatic heterocycles. The Morgan fingerprint density at radius 3 is 2.86 bits per heavy atom. The SMILES string of the molecule is COc1ccc(CCN2CCN[C@H]3CCC[C@@H]32)cc1OC. The lowest BCUT2D eigenvalue weighted by atomic mass is 10.1. The van der Waals surface area contributed by atoms with E-state index in [9.17, 15) is 0 Å². The highest BCUT2D eigenvalue weighted by Gasteiger charge is 2.34. The number of rotatable bonds is 5. The Morgan fingerprint density at radius 2 is 2.05 bits per heavy atom. The number of fused-ring (bicyclic) bond motifs is 1. The molecule has 2 aliphatic rings. The van der Waals surface area contributed by atoms with Crippen molar-refractivity contribution in [3.05, 3.63) is 23.8 Å². The lowest BCUT2D eigenvalue weighted by Crippen LogP contribution is -2.55. The molecule has 1 heterocycles. The van der Waals surface area contributed by atoms with Gasteiger partial charge in [0.1, 0.15) is 0 Å². The smallest absolute Gasteiger partial charge is 0.160 e. The highest BCUT2D eigenvalue weighted by molar-refractivity contribution is 5.42. The average molecular weight is 290 g/mol. The Hall–Kier alpha value is -1.26. The molecule has 0 unspecified atom stereocenters. The van der Waals surface area contributed by atoms with Crippen LogP contribution in [0.4, 0.5) is 0 Å². The van der Waals surface area contributed by atoms with Crippen molar-refractivity contribution < 1.29 is 9.47 Å². The van der Waals surface area contributed by atoms with Crippen LogP contribution in [0.3, 0.4) is 0 Å². The Morgan fingerprint density at radius 1 is 1.19 bits per heavy atom. The van der Waals surface area contributed by atoms with Crippen molar-refractivity contribution in [3.8, 4) is 11.5 Å². The van der Waals surface area contributed by atoms with E-state index in [0.717, 1.165) is 43.1 Å². The summed E-state index contributed by atoms with van der Waals surface area (Å²) in [4.78, 5) is 2.67. The zero-order valence-corrected chi connectivity index (χ0v) is 13.1. The molecule has 0 aromatic heterocycles. The van der Waals surface area contributed by atoms with Gasteiger partial charge in [0.2, 0.25) is 0 Å². The van der Waals surface area contributed by atoms with Gasteiger partial charge in [-0.05, 0) is 37.0 Å². The van der Waals surface area contributed by atoms with Crippen LogP contribution >= 0.6 is 0 Å². The Kier molecular flexibility index (Phi) is 4.66. The maximum Gasteiger partial charge on any atom is 0.160 e. The molecule has 1 aliphatic carbocycles. The molecule has 2 atom stereocenters. The number of nitrogens with zero attached hydrogens (tertiary/aromatic N) is 1. The first-order valence-electron chi connectivity index (χ1n) is 8.00. The van der Waals surface area contributed by atoms with Gasteiger partial charge < -0.3 is 14.8 Å². The van der Waals surface area contributed by atoms with E-state index >= 15 is 0 Å². The van der Waals surface area contributed by atoms with Crippen molar-refractivity contribution in [1.82, 2.24) is 10.2 Å². The van der Waals surface area contributed by atoms with Gasteiger partial charge in [0.15, 0.2) is 11.5 Å². The van der Waals surface area contributed by atoms with E-state index in [0.29, 0.717) is 0 Å². The van der Waals surface area contributed by atoms with E-state index < -0.39 is 0 Å². The van der Waals surface area contributed by atoms with Crippen LogP contribution in [0, 0.1) is 0 Å². The third-order valence-corrected chi connectivity index (χ3v) is 4.89. The fourth-order valence-corrected chi connectivity index (χ4v) is 3.76. The number of nitrogens with one attached hydrogen (secondary N) is 1. The number of hydrogen-bond donors (Lipinski definition) is 1. The van der Waals surface area contributed by atoms with E-state index in [1.54, 1.807) is 14.2 Å². The molecular weight excluding hydrogens is 264 g/mol. The molecule has 4 nitrogen and oxygen atoms in total. The zero-order valence-electron chi connectivity index (χ0n) is 13.1. The molecule has 2 fully saturated rings. The Balaban J connectivity index is 1.62. The first kappa shape index (κ1) is 14.7. The van der Waals surface area contributed by atoms with Crippen LogP contribution in [0.2, 0.25) is 0 Å². The molecular formula is C17H26N2O2. The number of benzene rings is 1. The van der Waals surface area contributed by atoms with E-state index in [2.05, 4.69) is 22.3 Å². The number of hydrogen-bond acceptors (Lipinski definition) is 4. The fraction of sp³-hybridized carbons (Fsp3) is 0.647. The van der Waals surface area contributed by atoms with Crippen LogP contribution in [0.25, 0.3) is 0 Å². The zero-order chi connectivity index (χ0) is 14.7. The summed E-state index contributed by atoms with van der Waals surface area (Å²) >= 11 is 0. The van der Waals surface area contributed by atoms with Crippen LogP contribution in [-0.4, -0.2) is 50.8 Å². The standard InChI is InChI=1S/C17H26N2O2/c1-20-16-7-6-13(12-17(16)21-2)8-10-19-11-9-18-14-4-3-5-15(14)19/h6-7,12,14-15,18H,3-5,8-11H2,1-2H3/t14-,15-/m0/s1. The van der Waals surface area contributed by atoms with E-state index in [-0.39, 0.29) is 0 Å². The lowest BCUT2D eigenvalue weighted by Gasteiger charge is -2.38. The number of ether oxygens (including phenoxy) is 2. The fourth-order valence-electron chi connectivity index (χ4n) is 3.76. The summed E-state index contributed by atoms with van der Waals surface area (Å²) in [5, 5.41) is 3.66.